The molecule has 0 rings (SSSR count). The normalized spacial score (nSPS) is 11.1. The largest absolute Gasteiger partial charge is 0.461 e. The predicted octanol–water partition coefficient (Wildman–Crippen LogP) is -0.471. The molecule has 0 unspecified atom stereocenters. The van der Waals surface area contributed by atoms with Crippen molar-refractivity contribution in [2.75, 3.05) is 13.3 Å². The molecular formula is C7H11NO4. The first-order chi connectivity index (χ1) is 5.63. The van der Waals surface area contributed by atoms with E-state index in [-0.39, 0.29) is 12.3 Å². The fourth-order valence-electron chi connectivity index (χ4n) is 0.590. The van der Waals surface area contributed by atoms with Crippen molar-refractivity contribution in [1.82, 2.24) is 0 Å². The Labute approximate surface area is 70.1 Å². The first-order valence-electron chi connectivity index (χ1n) is 3.46. The standard InChI is InChI=1S/C7H11NO4/c1-3-12-7(11)6(5(2)10)8-4-9/h9H,3-4H2,1-2H3/b8-6-. The minimum absolute atomic E-state index is 0.177. The van der Waals surface area contributed by atoms with E-state index in [0.717, 1.165) is 0 Å². The van der Waals surface area contributed by atoms with E-state index in [1.807, 2.05) is 0 Å². The Morgan fingerprint density at radius 3 is 2.42 bits per heavy atom. The number of ketones is 1. The summed E-state index contributed by atoms with van der Waals surface area (Å²) in [5.74, 6) is -1.30. The van der Waals surface area contributed by atoms with Gasteiger partial charge < -0.3 is 9.84 Å². The van der Waals surface area contributed by atoms with Crippen LogP contribution >= 0.6 is 0 Å². The Morgan fingerprint density at radius 2 is 2.08 bits per heavy atom. The van der Waals surface area contributed by atoms with Gasteiger partial charge in [-0.1, -0.05) is 0 Å². The van der Waals surface area contributed by atoms with Crippen LogP contribution in [0.3, 0.4) is 0 Å². The minimum Gasteiger partial charge on any atom is -0.461 e. The number of carbonyl (C=O) groups excluding carboxylic acids is 2. The molecule has 0 heterocycles. The lowest BCUT2D eigenvalue weighted by Gasteiger charge is -2.00. The highest BCUT2D eigenvalue weighted by atomic mass is 16.5. The molecule has 0 atom stereocenters. The summed E-state index contributed by atoms with van der Waals surface area (Å²) < 4.78 is 4.52. The highest BCUT2D eigenvalue weighted by Gasteiger charge is 2.16. The van der Waals surface area contributed by atoms with Gasteiger partial charge >= 0.3 is 5.97 Å². The van der Waals surface area contributed by atoms with Crippen LogP contribution in [0.2, 0.25) is 0 Å². The Balaban J connectivity index is 4.41. The average Bonchev–Trinajstić information content (AvgIpc) is 1.99. The van der Waals surface area contributed by atoms with E-state index in [2.05, 4.69) is 9.73 Å². The van der Waals surface area contributed by atoms with E-state index in [4.69, 9.17) is 5.11 Å². The Bertz CT molecular complexity index is 209. The molecule has 0 aromatic carbocycles. The number of rotatable bonds is 4. The Hall–Kier alpha value is -1.23. The molecule has 12 heavy (non-hydrogen) atoms. The van der Waals surface area contributed by atoms with E-state index in [1.54, 1.807) is 6.92 Å². The molecule has 0 radical (unpaired) electrons. The van der Waals surface area contributed by atoms with Crippen molar-refractivity contribution in [3.63, 3.8) is 0 Å². The van der Waals surface area contributed by atoms with Crippen LogP contribution in [0.25, 0.3) is 0 Å². The number of aliphatic hydroxyl groups is 1. The van der Waals surface area contributed by atoms with Crippen molar-refractivity contribution in [2.24, 2.45) is 4.99 Å². The lowest BCUT2D eigenvalue weighted by Crippen LogP contribution is -2.24. The molecule has 0 aliphatic carbocycles. The van der Waals surface area contributed by atoms with Crippen molar-refractivity contribution >= 4 is 17.5 Å². The van der Waals surface area contributed by atoms with Gasteiger partial charge in [-0.15, -0.1) is 0 Å². The summed E-state index contributed by atoms with van der Waals surface area (Å²) in [7, 11) is 0. The molecule has 5 nitrogen and oxygen atoms in total. The molecular weight excluding hydrogens is 162 g/mol. The molecule has 0 spiro atoms. The minimum atomic E-state index is -0.793. The molecule has 0 bridgehead atoms. The van der Waals surface area contributed by atoms with Crippen LogP contribution < -0.4 is 0 Å². The number of Topliss-reactive ketones (excluding diaryl/α,β-unsaturated/α-hetero) is 1. The van der Waals surface area contributed by atoms with Crippen molar-refractivity contribution in [2.45, 2.75) is 13.8 Å². The molecule has 5 heteroatoms. The van der Waals surface area contributed by atoms with Crippen LogP contribution in [0.5, 0.6) is 0 Å². The topological polar surface area (TPSA) is 76.0 Å². The number of hydrogen-bond donors (Lipinski definition) is 1. The van der Waals surface area contributed by atoms with E-state index < -0.39 is 18.5 Å². The van der Waals surface area contributed by atoms with Gasteiger partial charge in [0.15, 0.2) is 11.5 Å². The fourth-order valence-corrected chi connectivity index (χ4v) is 0.590. The molecule has 0 aromatic rings. The van der Waals surface area contributed by atoms with Crippen LogP contribution in [0.4, 0.5) is 0 Å². The summed E-state index contributed by atoms with van der Waals surface area (Å²) in [6.07, 6.45) is 0. The lowest BCUT2D eigenvalue weighted by molar-refractivity contribution is -0.135. The van der Waals surface area contributed by atoms with Gasteiger partial charge in [0.05, 0.1) is 6.61 Å². The van der Waals surface area contributed by atoms with Gasteiger partial charge in [0, 0.05) is 6.92 Å². The Morgan fingerprint density at radius 1 is 1.50 bits per heavy atom. The summed E-state index contributed by atoms with van der Waals surface area (Å²) in [6, 6.07) is 0. The average molecular weight is 173 g/mol. The maximum absolute atomic E-state index is 10.9. The molecule has 0 fully saturated rings. The molecule has 0 saturated carbocycles. The van der Waals surface area contributed by atoms with Crippen LogP contribution in [0.1, 0.15) is 13.8 Å². The third-order valence-electron chi connectivity index (χ3n) is 1.03. The second-order valence-electron chi connectivity index (χ2n) is 1.92. The van der Waals surface area contributed by atoms with Crippen molar-refractivity contribution < 1.29 is 19.4 Å². The summed E-state index contributed by atoms with van der Waals surface area (Å²) >= 11 is 0. The zero-order chi connectivity index (χ0) is 9.56. The van der Waals surface area contributed by atoms with Crippen LogP contribution in [0.15, 0.2) is 4.99 Å². The maximum Gasteiger partial charge on any atom is 0.360 e. The SMILES string of the molecule is CCOC(=O)/C(=N\CO)C(C)=O. The van der Waals surface area contributed by atoms with E-state index in [9.17, 15) is 9.59 Å². The molecule has 0 aromatic heterocycles. The summed E-state index contributed by atoms with van der Waals surface area (Å²) in [6.45, 7) is 2.39. The third-order valence-corrected chi connectivity index (χ3v) is 1.03. The van der Waals surface area contributed by atoms with Gasteiger partial charge in [-0.25, -0.2) is 9.79 Å². The Kier molecular flexibility index (Phi) is 4.87. The predicted molar refractivity (Wildman–Crippen MR) is 41.8 cm³/mol. The number of hydrogen-bond acceptors (Lipinski definition) is 5. The van der Waals surface area contributed by atoms with Gasteiger partial charge in [0.2, 0.25) is 0 Å². The molecule has 0 aliphatic heterocycles. The van der Waals surface area contributed by atoms with E-state index >= 15 is 0 Å². The third kappa shape index (κ3) is 3.25. The molecule has 0 aliphatic rings. The first kappa shape index (κ1) is 10.8. The highest BCUT2D eigenvalue weighted by Crippen LogP contribution is 1.87. The molecule has 0 amide bonds. The van der Waals surface area contributed by atoms with Gasteiger partial charge in [0.25, 0.3) is 0 Å². The monoisotopic (exact) mass is 173 g/mol. The zero-order valence-electron chi connectivity index (χ0n) is 7.03. The lowest BCUT2D eigenvalue weighted by atomic mass is 10.3. The quantitative estimate of drug-likeness (QED) is 0.354. The van der Waals surface area contributed by atoms with Crippen molar-refractivity contribution in [3.05, 3.63) is 0 Å². The van der Waals surface area contributed by atoms with E-state index in [0.29, 0.717) is 0 Å². The number of carbonyl (C=O) groups is 2. The summed E-state index contributed by atoms with van der Waals surface area (Å²) in [5, 5.41) is 8.36. The maximum atomic E-state index is 10.9. The number of nitrogens with zero attached hydrogens (tertiary/aromatic N) is 1. The second kappa shape index (κ2) is 5.42. The van der Waals surface area contributed by atoms with Crippen LogP contribution in [-0.2, 0) is 14.3 Å². The zero-order valence-corrected chi connectivity index (χ0v) is 7.03. The molecule has 68 valence electrons. The van der Waals surface area contributed by atoms with Gasteiger partial charge in [-0.05, 0) is 6.92 Å². The van der Waals surface area contributed by atoms with E-state index in [1.165, 1.54) is 6.92 Å². The number of ether oxygens (including phenoxy) is 1. The van der Waals surface area contributed by atoms with Gasteiger partial charge in [0.1, 0.15) is 6.73 Å². The number of aliphatic imine (C=N–C) groups is 1. The fraction of sp³-hybridized carbons (Fsp3) is 0.571. The highest BCUT2D eigenvalue weighted by molar-refractivity contribution is 6.63. The van der Waals surface area contributed by atoms with Crippen molar-refractivity contribution in [3.8, 4) is 0 Å². The smallest absolute Gasteiger partial charge is 0.360 e. The number of esters is 1. The van der Waals surface area contributed by atoms with Gasteiger partial charge in [-0.3, -0.25) is 4.79 Å². The first-order valence-corrected chi connectivity index (χ1v) is 3.46. The summed E-state index contributed by atoms with van der Waals surface area (Å²) in [5.41, 5.74) is -0.348. The van der Waals surface area contributed by atoms with Crippen molar-refractivity contribution in [1.29, 1.82) is 0 Å². The molecule has 1 N–H and O–H groups in total. The summed E-state index contributed by atoms with van der Waals surface area (Å²) in [4.78, 5) is 24.9. The van der Waals surface area contributed by atoms with Crippen LogP contribution in [-0.4, -0.2) is 35.9 Å². The second-order valence-corrected chi connectivity index (χ2v) is 1.92. The number of aliphatic hydroxyl groups excluding tert-OH is 1. The van der Waals surface area contributed by atoms with Crippen LogP contribution in [0, 0.1) is 0 Å². The molecule has 0 saturated heterocycles. The van der Waals surface area contributed by atoms with Gasteiger partial charge in [-0.2, -0.15) is 0 Å².